The van der Waals surface area contributed by atoms with Crippen LogP contribution in [0.25, 0.3) is 0 Å². The van der Waals surface area contributed by atoms with Gasteiger partial charge < -0.3 is 16.0 Å². The number of carbonyl (C=O) groups excluding carboxylic acids is 1. The van der Waals surface area contributed by atoms with Crippen LogP contribution in [0.15, 0.2) is 48.5 Å². The molecule has 1 fully saturated rings. The van der Waals surface area contributed by atoms with Crippen molar-refractivity contribution in [3.05, 3.63) is 59.7 Å². The SMILES string of the molecule is Nc1cccc2c1CCCN2CC(=O)NCC1(c2ccccc2)CC1. The normalized spacial score (nSPS) is 17.7. The number of nitrogens with one attached hydrogen (secondary N) is 1. The van der Waals surface area contributed by atoms with Crippen molar-refractivity contribution >= 4 is 17.3 Å². The van der Waals surface area contributed by atoms with Crippen LogP contribution in [-0.2, 0) is 16.6 Å². The minimum absolute atomic E-state index is 0.0949. The van der Waals surface area contributed by atoms with Gasteiger partial charge in [-0.3, -0.25) is 4.79 Å². The van der Waals surface area contributed by atoms with E-state index in [4.69, 9.17) is 5.73 Å². The summed E-state index contributed by atoms with van der Waals surface area (Å²) in [5.41, 5.74) is 10.7. The molecule has 0 unspecified atom stereocenters. The predicted molar refractivity (Wildman–Crippen MR) is 102 cm³/mol. The van der Waals surface area contributed by atoms with Crippen molar-refractivity contribution in [3.8, 4) is 0 Å². The van der Waals surface area contributed by atoms with Crippen LogP contribution in [0.5, 0.6) is 0 Å². The Morgan fingerprint density at radius 1 is 1.12 bits per heavy atom. The maximum atomic E-state index is 12.5. The fourth-order valence-electron chi connectivity index (χ4n) is 3.90. The van der Waals surface area contributed by atoms with E-state index in [9.17, 15) is 4.79 Å². The van der Waals surface area contributed by atoms with Crippen LogP contribution in [-0.4, -0.2) is 25.5 Å². The van der Waals surface area contributed by atoms with E-state index in [0.717, 1.165) is 50.1 Å². The lowest BCUT2D eigenvalue weighted by atomic mass is 9.96. The number of fused-ring (bicyclic) bond motifs is 1. The van der Waals surface area contributed by atoms with E-state index in [2.05, 4.69) is 40.5 Å². The molecule has 1 aliphatic heterocycles. The number of nitrogen functional groups attached to an aromatic ring is 1. The average molecular weight is 335 g/mol. The summed E-state index contributed by atoms with van der Waals surface area (Å²) in [7, 11) is 0. The van der Waals surface area contributed by atoms with Gasteiger partial charge in [0.25, 0.3) is 0 Å². The van der Waals surface area contributed by atoms with Crippen molar-refractivity contribution in [2.45, 2.75) is 31.1 Å². The number of amides is 1. The molecule has 25 heavy (non-hydrogen) atoms. The molecule has 0 spiro atoms. The van der Waals surface area contributed by atoms with Crippen molar-refractivity contribution in [2.75, 3.05) is 30.3 Å². The van der Waals surface area contributed by atoms with Crippen LogP contribution >= 0.6 is 0 Å². The first kappa shape index (κ1) is 16.0. The van der Waals surface area contributed by atoms with Crippen LogP contribution in [0, 0.1) is 0 Å². The minimum Gasteiger partial charge on any atom is -0.398 e. The fourth-order valence-corrected chi connectivity index (χ4v) is 3.90. The monoisotopic (exact) mass is 335 g/mol. The average Bonchev–Trinajstić information content (AvgIpc) is 3.43. The van der Waals surface area contributed by atoms with Gasteiger partial charge in [-0.05, 0) is 48.9 Å². The van der Waals surface area contributed by atoms with Gasteiger partial charge in [0.2, 0.25) is 5.91 Å². The van der Waals surface area contributed by atoms with Gasteiger partial charge in [0.05, 0.1) is 6.54 Å². The summed E-state index contributed by atoms with van der Waals surface area (Å²) in [6, 6.07) is 16.5. The molecular weight excluding hydrogens is 310 g/mol. The van der Waals surface area contributed by atoms with Crippen LogP contribution in [0.4, 0.5) is 11.4 Å². The van der Waals surface area contributed by atoms with Gasteiger partial charge in [-0.2, -0.15) is 0 Å². The third kappa shape index (κ3) is 3.21. The molecule has 0 bridgehead atoms. The molecular formula is C21H25N3O. The molecule has 1 amide bonds. The molecule has 1 saturated carbocycles. The van der Waals surface area contributed by atoms with Gasteiger partial charge in [-0.15, -0.1) is 0 Å². The molecule has 0 saturated heterocycles. The molecule has 3 N–H and O–H groups in total. The van der Waals surface area contributed by atoms with E-state index in [1.54, 1.807) is 0 Å². The van der Waals surface area contributed by atoms with Gasteiger partial charge in [-0.1, -0.05) is 36.4 Å². The van der Waals surface area contributed by atoms with Gasteiger partial charge in [0, 0.05) is 29.9 Å². The molecule has 4 rings (SSSR count). The third-order valence-corrected chi connectivity index (χ3v) is 5.58. The van der Waals surface area contributed by atoms with Crippen LogP contribution in [0.3, 0.4) is 0 Å². The molecule has 2 aliphatic rings. The second-order valence-electron chi connectivity index (χ2n) is 7.29. The lowest BCUT2D eigenvalue weighted by Crippen LogP contribution is -2.42. The summed E-state index contributed by atoms with van der Waals surface area (Å²) in [6.07, 6.45) is 4.35. The maximum absolute atomic E-state index is 12.5. The minimum atomic E-state index is 0.0949. The number of nitrogens with zero attached hydrogens (tertiary/aromatic N) is 1. The number of anilines is 2. The highest BCUT2D eigenvalue weighted by Crippen LogP contribution is 2.47. The van der Waals surface area contributed by atoms with E-state index in [1.807, 2.05) is 18.2 Å². The van der Waals surface area contributed by atoms with E-state index in [-0.39, 0.29) is 11.3 Å². The molecule has 1 heterocycles. The molecule has 4 heteroatoms. The van der Waals surface area contributed by atoms with E-state index < -0.39 is 0 Å². The van der Waals surface area contributed by atoms with Crippen molar-refractivity contribution in [1.82, 2.24) is 5.32 Å². The van der Waals surface area contributed by atoms with Crippen molar-refractivity contribution in [3.63, 3.8) is 0 Å². The first-order chi connectivity index (χ1) is 12.2. The van der Waals surface area contributed by atoms with Crippen LogP contribution in [0.2, 0.25) is 0 Å². The molecule has 0 atom stereocenters. The highest BCUT2D eigenvalue weighted by atomic mass is 16.2. The summed E-state index contributed by atoms with van der Waals surface area (Å²) >= 11 is 0. The van der Waals surface area contributed by atoms with Gasteiger partial charge in [-0.25, -0.2) is 0 Å². The van der Waals surface area contributed by atoms with Crippen LogP contribution < -0.4 is 16.0 Å². The summed E-state index contributed by atoms with van der Waals surface area (Å²) in [6.45, 7) is 2.04. The Morgan fingerprint density at radius 2 is 1.92 bits per heavy atom. The second kappa shape index (κ2) is 6.43. The standard InChI is InChI=1S/C21H25N3O/c22-18-9-4-10-19-17(18)8-5-13-24(19)14-20(25)23-15-21(11-12-21)16-6-2-1-3-7-16/h1-4,6-7,9-10H,5,8,11-15,22H2,(H,23,25). The van der Waals surface area contributed by atoms with Crippen molar-refractivity contribution in [1.29, 1.82) is 0 Å². The van der Waals surface area contributed by atoms with Crippen molar-refractivity contribution < 1.29 is 4.79 Å². The Hall–Kier alpha value is -2.49. The zero-order chi connectivity index (χ0) is 17.3. The number of benzene rings is 2. The number of carbonyl (C=O) groups is 1. The lowest BCUT2D eigenvalue weighted by molar-refractivity contribution is -0.119. The van der Waals surface area contributed by atoms with Gasteiger partial charge in [0.15, 0.2) is 0 Å². The molecule has 0 aromatic heterocycles. The first-order valence-corrected chi connectivity index (χ1v) is 9.12. The molecule has 2 aromatic rings. The molecule has 0 radical (unpaired) electrons. The van der Waals surface area contributed by atoms with Crippen LogP contribution in [0.1, 0.15) is 30.4 Å². The summed E-state index contributed by atoms with van der Waals surface area (Å²) in [5.74, 6) is 0.0949. The predicted octanol–water partition coefficient (Wildman–Crippen LogP) is 2.87. The quantitative estimate of drug-likeness (QED) is 0.826. The Bertz CT molecular complexity index is 768. The topological polar surface area (TPSA) is 58.4 Å². The number of rotatable bonds is 5. The van der Waals surface area contributed by atoms with Gasteiger partial charge in [0.1, 0.15) is 0 Å². The maximum Gasteiger partial charge on any atom is 0.239 e. The number of hydrogen-bond acceptors (Lipinski definition) is 3. The summed E-state index contributed by atoms with van der Waals surface area (Å²) < 4.78 is 0. The Morgan fingerprint density at radius 3 is 2.68 bits per heavy atom. The Labute approximate surface area is 149 Å². The highest BCUT2D eigenvalue weighted by Gasteiger charge is 2.44. The van der Waals surface area contributed by atoms with Crippen molar-refractivity contribution in [2.24, 2.45) is 0 Å². The lowest BCUT2D eigenvalue weighted by Gasteiger charge is -2.31. The molecule has 1 aliphatic carbocycles. The fraction of sp³-hybridized carbons (Fsp3) is 0.381. The Balaban J connectivity index is 1.39. The number of hydrogen-bond donors (Lipinski definition) is 2. The molecule has 4 nitrogen and oxygen atoms in total. The first-order valence-electron chi connectivity index (χ1n) is 9.12. The summed E-state index contributed by atoms with van der Waals surface area (Å²) in [4.78, 5) is 14.7. The highest BCUT2D eigenvalue weighted by molar-refractivity contribution is 5.82. The zero-order valence-corrected chi connectivity index (χ0v) is 14.5. The van der Waals surface area contributed by atoms with E-state index in [1.165, 1.54) is 11.1 Å². The molecule has 130 valence electrons. The van der Waals surface area contributed by atoms with E-state index >= 15 is 0 Å². The second-order valence-corrected chi connectivity index (χ2v) is 7.29. The summed E-state index contributed by atoms with van der Waals surface area (Å²) in [5, 5.41) is 3.16. The largest absolute Gasteiger partial charge is 0.398 e. The third-order valence-electron chi connectivity index (χ3n) is 5.58. The zero-order valence-electron chi connectivity index (χ0n) is 14.5. The van der Waals surface area contributed by atoms with Gasteiger partial charge >= 0.3 is 0 Å². The Kier molecular flexibility index (Phi) is 4.12. The van der Waals surface area contributed by atoms with E-state index in [0.29, 0.717) is 6.54 Å². The smallest absolute Gasteiger partial charge is 0.239 e. The number of nitrogens with two attached hydrogens (primary N) is 1. The molecule has 2 aromatic carbocycles.